The van der Waals surface area contributed by atoms with Gasteiger partial charge >= 0.3 is 5.97 Å². The van der Waals surface area contributed by atoms with E-state index >= 15 is 0 Å². The molecular weight excluding hydrogens is 518 g/mol. The van der Waals surface area contributed by atoms with Crippen LogP contribution in [0.5, 0.6) is 5.75 Å². The van der Waals surface area contributed by atoms with Crippen LogP contribution in [0, 0.1) is 12.3 Å². The van der Waals surface area contributed by atoms with Crippen LogP contribution < -0.4 is 4.74 Å². The highest BCUT2D eigenvalue weighted by Crippen LogP contribution is 2.33. The molecule has 0 aliphatic carbocycles. The molecule has 0 aliphatic heterocycles. The molecule has 2 heterocycles. The van der Waals surface area contributed by atoms with Gasteiger partial charge in [-0.15, -0.1) is 0 Å². The number of pyridine rings is 1. The van der Waals surface area contributed by atoms with Crippen LogP contribution in [-0.4, -0.2) is 31.4 Å². The molecule has 0 amide bonds. The van der Waals surface area contributed by atoms with E-state index < -0.39 is 11.4 Å². The lowest BCUT2D eigenvalue weighted by molar-refractivity contribution is -0.149. The first kappa shape index (κ1) is 27.4. The van der Waals surface area contributed by atoms with Crippen LogP contribution in [0.2, 0.25) is 0 Å². The van der Waals surface area contributed by atoms with E-state index in [2.05, 4.69) is 37.6 Å². The summed E-state index contributed by atoms with van der Waals surface area (Å²) in [5.74, 6) is 2.55. The Labute approximate surface area is 221 Å². The highest BCUT2D eigenvalue weighted by atomic mass is 79.9. The molecule has 6 nitrogen and oxygen atoms in total. The summed E-state index contributed by atoms with van der Waals surface area (Å²) in [6, 6.07) is 20.0. The number of carboxylic acids is 1. The fourth-order valence-electron chi connectivity index (χ4n) is 4.24. The van der Waals surface area contributed by atoms with E-state index in [0.29, 0.717) is 32.4 Å². The summed E-state index contributed by atoms with van der Waals surface area (Å²) in [7, 11) is 0. The Kier molecular flexibility index (Phi) is 9.65. The number of halogens is 1. The average Bonchev–Trinajstić information content (AvgIpc) is 3.24. The second-order valence-corrected chi connectivity index (χ2v) is 8.84. The first-order valence-electron chi connectivity index (χ1n) is 12.1. The smallest absolute Gasteiger partial charge is 0.310 e. The fourth-order valence-corrected chi connectivity index (χ4v) is 4.24. The monoisotopic (exact) mass is 551 g/mol. The summed E-state index contributed by atoms with van der Waals surface area (Å²) in [6.07, 6.45) is 3.30. The molecule has 0 fully saturated rings. The third-order valence-electron chi connectivity index (χ3n) is 6.65. The predicted octanol–water partition coefficient (Wildman–Crippen LogP) is 6.81. The van der Waals surface area contributed by atoms with Gasteiger partial charge in [0, 0.05) is 25.2 Å². The molecule has 4 aromatic rings. The van der Waals surface area contributed by atoms with E-state index in [4.69, 9.17) is 9.72 Å². The molecule has 0 saturated heterocycles. The van der Waals surface area contributed by atoms with Gasteiger partial charge in [0.2, 0.25) is 0 Å². The molecule has 1 N–H and O–H groups in total. The van der Waals surface area contributed by atoms with E-state index in [1.54, 1.807) is 0 Å². The van der Waals surface area contributed by atoms with Gasteiger partial charge in [0.25, 0.3) is 0 Å². The lowest BCUT2D eigenvalue weighted by Gasteiger charge is -2.26. The minimum absolute atomic E-state index is 0.374. The zero-order valence-corrected chi connectivity index (χ0v) is 23.0. The summed E-state index contributed by atoms with van der Waals surface area (Å²) in [5, 5.41) is 10.0. The third-order valence-corrected chi connectivity index (χ3v) is 6.65. The summed E-state index contributed by atoms with van der Waals surface area (Å²) in [6.45, 7) is 6.87. The third kappa shape index (κ3) is 6.32. The topological polar surface area (TPSA) is 77.2 Å². The van der Waals surface area contributed by atoms with Crippen molar-refractivity contribution in [2.24, 2.45) is 5.41 Å². The van der Waals surface area contributed by atoms with Crippen LogP contribution in [0.15, 0.2) is 66.9 Å². The SMILES string of the molecule is CBr.CCC(CC)(Cc1nc2ccc(OCc3ccc(C)cn3)cc2n1Cc1ccccc1)C(=O)O. The van der Waals surface area contributed by atoms with E-state index in [-0.39, 0.29) is 0 Å². The van der Waals surface area contributed by atoms with E-state index in [9.17, 15) is 9.90 Å². The van der Waals surface area contributed by atoms with Crippen LogP contribution in [0.1, 0.15) is 49.3 Å². The van der Waals surface area contributed by atoms with Crippen molar-refractivity contribution in [3.05, 3.63) is 89.5 Å². The molecule has 0 bridgehead atoms. The Hall–Kier alpha value is -3.19. The van der Waals surface area contributed by atoms with Crippen molar-refractivity contribution in [3.8, 4) is 5.75 Å². The molecule has 2 aromatic heterocycles. The van der Waals surface area contributed by atoms with E-state index in [1.807, 2.05) is 81.3 Å². The number of aromatic nitrogens is 3. The van der Waals surface area contributed by atoms with Gasteiger partial charge in [-0.05, 0) is 54.9 Å². The summed E-state index contributed by atoms with van der Waals surface area (Å²) >= 11 is 2.94. The van der Waals surface area contributed by atoms with Crippen molar-refractivity contribution in [3.63, 3.8) is 0 Å². The first-order chi connectivity index (χ1) is 17.4. The van der Waals surface area contributed by atoms with Crippen LogP contribution in [0.4, 0.5) is 0 Å². The normalized spacial score (nSPS) is 11.1. The molecule has 4 rings (SSSR count). The van der Waals surface area contributed by atoms with Crippen molar-refractivity contribution >= 4 is 32.9 Å². The number of hydrogen-bond donors (Lipinski definition) is 1. The van der Waals surface area contributed by atoms with Gasteiger partial charge in [0.05, 0.1) is 22.1 Å². The van der Waals surface area contributed by atoms with Crippen LogP contribution in [0.25, 0.3) is 11.0 Å². The van der Waals surface area contributed by atoms with Crippen molar-refractivity contribution in [1.29, 1.82) is 0 Å². The number of aryl methyl sites for hydroxylation is 1. The van der Waals surface area contributed by atoms with Gasteiger partial charge in [-0.25, -0.2) is 4.98 Å². The highest BCUT2D eigenvalue weighted by molar-refractivity contribution is 9.08. The number of benzene rings is 2. The molecule has 0 unspecified atom stereocenters. The number of aliphatic carboxylic acids is 1. The van der Waals surface area contributed by atoms with Gasteiger partial charge in [-0.1, -0.05) is 66.2 Å². The van der Waals surface area contributed by atoms with Crippen LogP contribution in [-0.2, 0) is 24.4 Å². The summed E-state index contributed by atoms with van der Waals surface area (Å²) in [5.41, 5.74) is 4.03. The number of nitrogens with zero attached hydrogens (tertiary/aromatic N) is 3. The second-order valence-electron chi connectivity index (χ2n) is 8.84. The molecule has 0 radical (unpaired) electrons. The maximum absolute atomic E-state index is 12.2. The molecule has 0 atom stereocenters. The van der Waals surface area contributed by atoms with E-state index in [0.717, 1.165) is 39.4 Å². The molecule has 0 saturated carbocycles. The van der Waals surface area contributed by atoms with Crippen molar-refractivity contribution in [2.45, 2.75) is 53.2 Å². The molecule has 190 valence electrons. The van der Waals surface area contributed by atoms with Gasteiger partial charge in [0.15, 0.2) is 0 Å². The van der Waals surface area contributed by atoms with Crippen LogP contribution in [0.3, 0.4) is 0 Å². The van der Waals surface area contributed by atoms with Gasteiger partial charge in [0.1, 0.15) is 18.2 Å². The molecule has 36 heavy (non-hydrogen) atoms. The standard InChI is InChI=1S/C28H31N3O3.CH3Br/c1-4-28(5-2,27(32)33)16-26-30-24-14-13-23(34-19-22-12-11-20(3)17-29-22)15-25(24)31(26)18-21-9-7-6-8-10-21;1-2/h6-15,17H,4-5,16,18-19H2,1-3H3,(H,32,33);1H3. The Bertz CT molecular complexity index is 1270. The second kappa shape index (κ2) is 12.7. The van der Waals surface area contributed by atoms with Crippen molar-refractivity contribution < 1.29 is 14.6 Å². The maximum Gasteiger partial charge on any atom is 0.310 e. The number of rotatable bonds is 10. The van der Waals surface area contributed by atoms with Gasteiger partial charge in [-0.3, -0.25) is 9.78 Å². The number of carbonyl (C=O) groups is 1. The van der Waals surface area contributed by atoms with Crippen molar-refractivity contribution in [1.82, 2.24) is 14.5 Å². The Morgan fingerprint density at radius 2 is 1.78 bits per heavy atom. The Balaban J connectivity index is 0.00000176. The largest absolute Gasteiger partial charge is 0.487 e. The number of alkyl halides is 1. The molecule has 2 aromatic carbocycles. The number of hydrogen-bond acceptors (Lipinski definition) is 4. The fraction of sp³-hybridized carbons (Fsp3) is 0.345. The Morgan fingerprint density at radius 1 is 1.06 bits per heavy atom. The first-order valence-corrected chi connectivity index (χ1v) is 13.7. The van der Waals surface area contributed by atoms with Gasteiger partial charge in [-0.2, -0.15) is 0 Å². The van der Waals surface area contributed by atoms with E-state index in [1.165, 1.54) is 0 Å². The minimum Gasteiger partial charge on any atom is -0.487 e. The highest BCUT2D eigenvalue weighted by Gasteiger charge is 2.36. The lowest BCUT2D eigenvalue weighted by Crippen LogP contribution is -2.33. The molecule has 0 aliphatic rings. The Morgan fingerprint density at radius 3 is 2.39 bits per heavy atom. The number of ether oxygens (including phenoxy) is 1. The zero-order valence-electron chi connectivity index (χ0n) is 21.4. The van der Waals surface area contributed by atoms with Crippen molar-refractivity contribution in [2.75, 3.05) is 5.83 Å². The van der Waals surface area contributed by atoms with Gasteiger partial charge < -0.3 is 14.4 Å². The summed E-state index contributed by atoms with van der Waals surface area (Å²) < 4.78 is 8.17. The summed E-state index contributed by atoms with van der Waals surface area (Å²) in [4.78, 5) is 21.5. The molecule has 0 spiro atoms. The maximum atomic E-state index is 12.2. The predicted molar refractivity (Wildman–Crippen MR) is 148 cm³/mol. The number of carboxylic acid groups (broad SMARTS) is 1. The van der Waals surface area contributed by atoms with Crippen LogP contribution >= 0.6 is 15.9 Å². The molecule has 7 heteroatoms. The molecular formula is C29H34BrN3O3. The zero-order chi connectivity index (χ0) is 26.1. The minimum atomic E-state index is -0.841. The number of fused-ring (bicyclic) bond motifs is 1. The lowest BCUT2D eigenvalue weighted by atomic mass is 9.79. The quantitative estimate of drug-likeness (QED) is 0.219. The number of imidazole rings is 1. The average molecular weight is 553 g/mol.